The number of carbonyl (C=O) groups is 1. The Bertz CT molecular complexity index is 592. The van der Waals surface area contributed by atoms with Gasteiger partial charge in [-0.3, -0.25) is 0 Å². The van der Waals surface area contributed by atoms with Gasteiger partial charge in [0.1, 0.15) is 17.8 Å². The quantitative estimate of drug-likeness (QED) is 0.840. The third-order valence-electron chi connectivity index (χ3n) is 2.12. The van der Waals surface area contributed by atoms with Crippen LogP contribution in [0, 0.1) is 5.82 Å². The van der Waals surface area contributed by atoms with Crippen molar-refractivity contribution >= 4 is 29.2 Å². The second-order valence-electron chi connectivity index (χ2n) is 3.25. The van der Waals surface area contributed by atoms with E-state index in [1.165, 1.54) is 12.1 Å². The van der Waals surface area contributed by atoms with Gasteiger partial charge in [-0.1, -0.05) is 23.2 Å². The van der Waals surface area contributed by atoms with Gasteiger partial charge in [-0.15, -0.1) is 0 Å². The normalized spacial score (nSPS) is 10.5. The largest absolute Gasteiger partial charge is 0.478 e. The van der Waals surface area contributed by atoms with Crippen molar-refractivity contribution in [1.29, 1.82) is 0 Å². The van der Waals surface area contributed by atoms with Crippen molar-refractivity contribution in [3.63, 3.8) is 0 Å². The van der Waals surface area contributed by atoms with Crippen LogP contribution in [0.15, 0.2) is 28.9 Å². The second-order valence-corrected chi connectivity index (χ2v) is 4.07. The number of benzene rings is 1. The molecule has 0 atom stereocenters. The van der Waals surface area contributed by atoms with Gasteiger partial charge in [-0.25, -0.2) is 9.18 Å². The zero-order valence-electron chi connectivity index (χ0n) is 8.21. The zero-order valence-corrected chi connectivity index (χ0v) is 9.72. The summed E-state index contributed by atoms with van der Waals surface area (Å²) >= 11 is 11.4. The molecule has 2 rings (SSSR count). The van der Waals surface area contributed by atoms with E-state index < -0.39 is 11.8 Å². The molecule has 0 bridgehead atoms. The van der Waals surface area contributed by atoms with Gasteiger partial charge in [0.05, 0.1) is 15.6 Å². The van der Waals surface area contributed by atoms with Crippen molar-refractivity contribution in [3.8, 4) is 11.3 Å². The summed E-state index contributed by atoms with van der Waals surface area (Å²) in [6.07, 6.45) is 1.06. The number of hydrogen-bond donors (Lipinski definition) is 1. The van der Waals surface area contributed by atoms with E-state index in [2.05, 4.69) is 0 Å². The van der Waals surface area contributed by atoms with Gasteiger partial charge >= 0.3 is 5.97 Å². The number of aromatic carboxylic acids is 1. The number of hydrogen-bond acceptors (Lipinski definition) is 2. The molecule has 0 aliphatic carbocycles. The van der Waals surface area contributed by atoms with E-state index in [1.807, 2.05) is 0 Å². The first-order chi connectivity index (χ1) is 7.99. The molecule has 0 saturated carbocycles. The van der Waals surface area contributed by atoms with Gasteiger partial charge in [-0.05, 0) is 18.2 Å². The Morgan fingerprint density at radius 1 is 1.24 bits per heavy atom. The lowest BCUT2D eigenvalue weighted by atomic mass is 10.1. The lowest BCUT2D eigenvalue weighted by Crippen LogP contribution is -1.91. The maximum absolute atomic E-state index is 13.3. The molecular formula is C11H5Cl2FO3. The Kier molecular flexibility index (Phi) is 3.09. The van der Waals surface area contributed by atoms with Crippen molar-refractivity contribution in [2.75, 3.05) is 0 Å². The van der Waals surface area contributed by atoms with E-state index in [4.69, 9.17) is 32.7 Å². The topological polar surface area (TPSA) is 50.4 Å². The highest BCUT2D eigenvalue weighted by atomic mass is 35.5. The summed E-state index contributed by atoms with van der Waals surface area (Å²) in [5.41, 5.74) is 0.215. The Labute approximate surface area is 105 Å². The maximum atomic E-state index is 13.3. The molecule has 0 amide bonds. The van der Waals surface area contributed by atoms with Crippen LogP contribution in [0.4, 0.5) is 4.39 Å². The average molecular weight is 275 g/mol. The van der Waals surface area contributed by atoms with Gasteiger partial charge in [0.25, 0.3) is 0 Å². The van der Waals surface area contributed by atoms with Crippen LogP contribution in [0.25, 0.3) is 11.3 Å². The van der Waals surface area contributed by atoms with Gasteiger partial charge in [0, 0.05) is 5.56 Å². The molecule has 6 heteroatoms. The van der Waals surface area contributed by atoms with Crippen LogP contribution < -0.4 is 0 Å². The summed E-state index contributed by atoms with van der Waals surface area (Å²) in [6.45, 7) is 0. The molecule has 0 radical (unpaired) electrons. The Balaban J connectivity index is 2.52. The van der Waals surface area contributed by atoms with Crippen LogP contribution in [0.5, 0.6) is 0 Å². The summed E-state index contributed by atoms with van der Waals surface area (Å²) in [7, 11) is 0. The molecule has 0 aliphatic rings. The SMILES string of the molecule is O=C(O)c1coc(-c2cc(F)c(Cl)cc2Cl)c1. The molecule has 2 aromatic rings. The summed E-state index contributed by atoms with van der Waals surface area (Å²) < 4.78 is 18.3. The monoisotopic (exact) mass is 274 g/mol. The third-order valence-corrected chi connectivity index (χ3v) is 2.72. The van der Waals surface area contributed by atoms with Crippen LogP contribution >= 0.6 is 23.2 Å². The van der Waals surface area contributed by atoms with Crippen molar-refractivity contribution in [2.45, 2.75) is 0 Å². The highest BCUT2D eigenvalue weighted by Crippen LogP contribution is 2.33. The lowest BCUT2D eigenvalue weighted by molar-refractivity contribution is 0.0696. The fourth-order valence-corrected chi connectivity index (χ4v) is 1.78. The van der Waals surface area contributed by atoms with Crippen LogP contribution in [-0.2, 0) is 0 Å². The van der Waals surface area contributed by atoms with Crippen molar-refractivity contribution < 1.29 is 18.7 Å². The molecule has 1 aromatic carbocycles. The number of halogens is 3. The van der Waals surface area contributed by atoms with Gasteiger partial charge < -0.3 is 9.52 Å². The summed E-state index contributed by atoms with van der Waals surface area (Å²) in [5.74, 6) is -1.62. The minimum absolute atomic E-state index is 0.0357. The summed E-state index contributed by atoms with van der Waals surface area (Å²) in [6, 6.07) is 3.59. The highest BCUT2D eigenvalue weighted by molar-refractivity contribution is 6.36. The molecule has 1 N–H and O–H groups in total. The van der Waals surface area contributed by atoms with Crippen molar-refractivity contribution in [3.05, 3.63) is 45.9 Å². The predicted octanol–water partition coefficient (Wildman–Crippen LogP) is 4.09. The Morgan fingerprint density at radius 2 is 1.94 bits per heavy atom. The lowest BCUT2D eigenvalue weighted by Gasteiger charge is -2.02. The molecule has 0 spiro atoms. The van der Waals surface area contributed by atoms with E-state index in [0.717, 1.165) is 12.3 Å². The van der Waals surface area contributed by atoms with Crippen LogP contribution in [0.2, 0.25) is 10.0 Å². The smallest absolute Gasteiger partial charge is 0.338 e. The molecule has 0 saturated heterocycles. The van der Waals surface area contributed by atoms with E-state index >= 15 is 0 Å². The Hall–Kier alpha value is -1.52. The fraction of sp³-hybridized carbons (Fsp3) is 0. The first-order valence-corrected chi connectivity index (χ1v) is 5.21. The molecule has 0 aliphatic heterocycles. The molecule has 1 heterocycles. The van der Waals surface area contributed by atoms with E-state index in [-0.39, 0.29) is 26.9 Å². The molecule has 17 heavy (non-hydrogen) atoms. The first kappa shape index (κ1) is 12.0. The molecule has 0 unspecified atom stereocenters. The Morgan fingerprint density at radius 3 is 2.53 bits per heavy atom. The first-order valence-electron chi connectivity index (χ1n) is 4.46. The number of carboxylic acid groups (broad SMARTS) is 1. The predicted molar refractivity (Wildman–Crippen MR) is 61.1 cm³/mol. The molecular weight excluding hydrogens is 270 g/mol. The van der Waals surface area contributed by atoms with Gasteiger partial charge in [0.2, 0.25) is 0 Å². The van der Waals surface area contributed by atoms with Gasteiger partial charge in [0.15, 0.2) is 0 Å². The minimum Gasteiger partial charge on any atom is -0.478 e. The molecule has 0 fully saturated rings. The highest BCUT2D eigenvalue weighted by Gasteiger charge is 2.14. The van der Waals surface area contributed by atoms with E-state index in [1.54, 1.807) is 0 Å². The molecule has 1 aromatic heterocycles. The van der Waals surface area contributed by atoms with Crippen molar-refractivity contribution in [2.24, 2.45) is 0 Å². The number of furan rings is 1. The average Bonchev–Trinajstić information content (AvgIpc) is 2.72. The third kappa shape index (κ3) is 2.28. The van der Waals surface area contributed by atoms with Crippen molar-refractivity contribution in [1.82, 2.24) is 0 Å². The van der Waals surface area contributed by atoms with Crippen LogP contribution in [0.1, 0.15) is 10.4 Å². The summed E-state index contributed by atoms with van der Waals surface area (Å²) in [5, 5.41) is 8.80. The standard InChI is InChI=1S/C11H5Cl2FO3/c12-7-3-8(13)9(14)2-6(7)10-1-5(4-17-10)11(15)16/h1-4H,(H,15,16). The number of rotatable bonds is 2. The van der Waals surface area contributed by atoms with Crippen LogP contribution in [0.3, 0.4) is 0 Å². The molecule has 88 valence electrons. The zero-order chi connectivity index (χ0) is 12.6. The number of carboxylic acids is 1. The second kappa shape index (κ2) is 4.39. The molecule has 3 nitrogen and oxygen atoms in total. The van der Waals surface area contributed by atoms with E-state index in [9.17, 15) is 9.18 Å². The van der Waals surface area contributed by atoms with E-state index in [0.29, 0.717) is 0 Å². The van der Waals surface area contributed by atoms with Crippen LogP contribution in [-0.4, -0.2) is 11.1 Å². The maximum Gasteiger partial charge on any atom is 0.338 e. The fourth-order valence-electron chi connectivity index (χ4n) is 1.30. The summed E-state index contributed by atoms with van der Waals surface area (Å²) in [4.78, 5) is 10.7. The van der Waals surface area contributed by atoms with Gasteiger partial charge in [-0.2, -0.15) is 0 Å². The minimum atomic E-state index is -1.13.